The molecule has 18 heavy (non-hydrogen) atoms. The Morgan fingerprint density at radius 1 is 1.39 bits per heavy atom. The summed E-state index contributed by atoms with van der Waals surface area (Å²) in [6.45, 7) is 3.15. The van der Waals surface area contributed by atoms with Crippen LogP contribution >= 0.6 is 0 Å². The molecule has 0 bridgehead atoms. The minimum atomic E-state index is -0.564. The summed E-state index contributed by atoms with van der Waals surface area (Å²) in [6, 6.07) is 3.69. The van der Waals surface area contributed by atoms with Crippen LogP contribution in [-0.4, -0.2) is 37.1 Å². The smallest absolute Gasteiger partial charge is 0.340 e. The number of esters is 1. The molecule has 0 radical (unpaired) electrons. The Morgan fingerprint density at radius 2 is 2.11 bits per heavy atom. The Kier molecular flexibility index (Phi) is 4.15. The second-order valence-corrected chi connectivity index (χ2v) is 4.42. The Bertz CT molecular complexity index is 431. The van der Waals surface area contributed by atoms with Gasteiger partial charge in [0.25, 0.3) is 0 Å². The zero-order valence-electron chi connectivity index (χ0n) is 10.2. The van der Waals surface area contributed by atoms with Gasteiger partial charge >= 0.3 is 5.97 Å². The lowest BCUT2D eigenvalue weighted by atomic mass is 10.2. The van der Waals surface area contributed by atoms with Gasteiger partial charge in [0.15, 0.2) is 0 Å². The Labute approximate surface area is 106 Å². The lowest BCUT2D eigenvalue weighted by molar-refractivity contribution is 0.0473. The third kappa shape index (κ3) is 3.20. The highest BCUT2D eigenvalue weighted by molar-refractivity contribution is 5.95. The van der Waals surface area contributed by atoms with E-state index in [-0.39, 0.29) is 11.3 Å². The molecule has 0 aromatic heterocycles. The minimum Gasteiger partial charge on any atom is -0.461 e. The zero-order valence-corrected chi connectivity index (χ0v) is 10.2. The first-order chi connectivity index (χ1) is 8.66. The van der Waals surface area contributed by atoms with Crippen LogP contribution in [0.3, 0.4) is 0 Å². The summed E-state index contributed by atoms with van der Waals surface area (Å²) in [6.07, 6.45) is 2.40. The maximum atomic E-state index is 13.0. The van der Waals surface area contributed by atoms with Crippen LogP contribution in [0.4, 0.5) is 10.1 Å². The quantitative estimate of drug-likeness (QED) is 0.654. The number of hydrogen-bond acceptors (Lipinski definition) is 4. The minimum absolute atomic E-state index is 0.0939. The monoisotopic (exact) mass is 252 g/mol. The molecule has 0 saturated carbocycles. The van der Waals surface area contributed by atoms with Crippen molar-refractivity contribution in [2.45, 2.75) is 12.8 Å². The van der Waals surface area contributed by atoms with Crippen molar-refractivity contribution in [2.75, 3.05) is 32.0 Å². The maximum absolute atomic E-state index is 13.0. The summed E-state index contributed by atoms with van der Waals surface area (Å²) in [5.74, 6) is -1.05. The van der Waals surface area contributed by atoms with E-state index in [1.54, 1.807) is 0 Å². The van der Waals surface area contributed by atoms with Gasteiger partial charge in [-0.3, -0.25) is 4.90 Å². The molecule has 0 atom stereocenters. The number of nitrogens with two attached hydrogens (primary N) is 1. The number of nitrogen functional groups attached to an aromatic ring is 1. The summed E-state index contributed by atoms with van der Waals surface area (Å²) in [7, 11) is 0. The predicted molar refractivity (Wildman–Crippen MR) is 66.8 cm³/mol. The molecule has 0 amide bonds. The first kappa shape index (κ1) is 12.8. The molecule has 1 heterocycles. The zero-order chi connectivity index (χ0) is 13.0. The summed E-state index contributed by atoms with van der Waals surface area (Å²) in [4.78, 5) is 13.9. The maximum Gasteiger partial charge on any atom is 0.340 e. The van der Waals surface area contributed by atoms with E-state index in [0.29, 0.717) is 6.61 Å². The molecule has 98 valence electrons. The summed E-state index contributed by atoms with van der Waals surface area (Å²) >= 11 is 0. The molecule has 1 aromatic carbocycles. The van der Waals surface area contributed by atoms with Crippen molar-refractivity contribution in [1.29, 1.82) is 0 Å². The fraction of sp³-hybridized carbons (Fsp3) is 0.462. The van der Waals surface area contributed by atoms with Gasteiger partial charge in [-0.2, -0.15) is 0 Å². The largest absolute Gasteiger partial charge is 0.461 e. The molecule has 4 nitrogen and oxygen atoms in total. The van der Waals surface area contributed by atoms with Crippen molar-refractivity contribution in [1.82, 2.24) is 4.90 Å². The van der Waals surface area contributed by atoms with Crippen molar-refractivity contribution in [3.05, 3.63) is 29.6 Å². The Morgan fingerprint density at radius 3 is 2.83 bits per heavy atom. The lowest BCUT2D eigenvalue weighted by Crippen LogP contribution is -2.25. The van der Waals surface area contributed by atoms with Crippen molar-refractivity contribution in [3.8, 4) is 0 Å². The number of hydrogen-bond donors (Lipinski definition) is 1. The van der Waals surface area contributed by atoms with Crippen molar-refractivity contribution < 1.29 is 13.9 Å². The van der Waals surface area contributed by atoms with E-state index in [0.717, 1.165) is 25.7 Å². The van der Waals surface area contributed by atoms with E-state index in [9.17, 15) is 9.18 Å². The van der Waals surface area contributed by atoms with Crippen LogP contribution in [0.5, 0.6) is 0 Å². The van der Waals surface area contributed by atoms with Gasteiger partial charge in [-0.15, -0.1) is 0 Å². The van der Waals surface area contributed by atoms with E-state index in [4.69, 9.17) is 10.5 Å². The third-order valence-electron chi connectivity index (χ3n) is 3.07. The van der Waals surface area contributed by atoms with Crippen LogP contribution in [0.25, 0.3) is 0 Å². The van der Waals surface area contributed by atoms with Gasteiger partial charge in [-0.05, 0) is 44.1 Å². The second kappa shape index (κ2) is 5.82. The second-order valence-electron chi connectivity index (χ2n) is 4.42. The number of rotatable bonds is 4. The fourth-order valence-corrected chi connectivity index (χ4v) is 2.06. The Balaban J connectivity index is 1.85. The van der Waals surface area contributed by atoms with Gasteiger partial charge < -0.3 is 10.5 Å². The number of benzene rings is 1. The van der Waals surface area contributed by atoms with Gasteiger partial charge in [0.1, 0.15) is 12.4 Å². The fourth-order valence-electron chi connectivity index (χ4n) is 2.06. The van der Waals surface area contributed by atoms with E-state index in [1.165, 1.54) is 25.0 Å². The molecule has 1 aromatic rings. The lowest BCUT2D eigenvalue weighted by Gasteiger charge is -2.14. The van der Waals surface area contributed by atoms with Gasteiger partial charge in [-0.25, -0.2) is 9.18 Å². The third-order valence-corrected chi connectivity index (χ3v) is 3.07. The van der Waals surface area contributed by atoms with E-state index >= 15 is 0 Å². The molecule has 1 fully saturated rings. The van der Waals surface area contributed by atoms with Gasteiger partial charge in [0.05, 0.1) is 5.56 Å². The van der Waals surface area contributed by atoms with Crippen LogP contribution in [-0.2, 0) is 4.74 Å². The molecule has 1 aliphatic rings. The van der Waals surface area contributed by atoms with Crippen molar-refractivity contribution >= 4 is 11.7 Å². The van der Waals surface area contributed by atoms with Crippen LogP contribution in [0.1, 0.15) is 23.2 Å². The average Bonchev–Trinajstić information content (AvgIpc) is 2.85. The average molecular weight is 252 g/mol. The molecule has 2 N–H and O–H groups in total. The molecule has 5 heteroatoms. The number of likely N-dealkylation sites (tertiary alicyclic amines) is 1. The van der Waals surface area contributed by atoms with Crippen LogP contribution in [0, 0.1) is 5.82 Å². The molecular weight excluding hydrogens is 235 g/mol. The number of ether oxygens (including phenoxy) is 1. The van der Waals surface area contributed by atoms with Crippen LogP contribution in [0.15, 0.2) is 18.2 Å². The van der Waals surface area contributed by atoms with E-state index in [2.05, 4.69) is 4.90 Å². The van der Waals surface area contributed by atoms with Crippen LogP contribution < -0.4 is 5.73 Å². The first-order valence-electron chi connectivity index (χ1n) is 6.11. The molecule has 1 saturated heterocycles. The SMILES string of the molecule is Nc1ccc(F)cc1C(=O)OCCN1CCCC1. The van der Waals surface area contributed by atoms with Crippen molar-refractivity contribution in [2.24, 2.45) is 0 Å². The molecule has 2 rings (SSSR count). The Hall–Kier alpha value is -1.62. The number of carbonyl (C=O) groups excluding carboxylic acids is 1. The van der Waals surface area contributed by atoms with Gasteiger partial charge in [0, 0.05) is 12.2 Å². The molecule has 1 aliphatic heterocycles. The molecular formula is C13H17FN2O2. The number of halogens is 1. The molecule has 0 aliphatic carbocycles. The highest BCUT2D eigenvalue weighted by Gasteiger charge is 2.14. The number of anilines is 1. The van der Waals surface area contributed by atoms with Gasteiger partial charge in [-0.1, -0.05) is 0 Å². The predicted octanol–water partition coefficient (Wildman–Crippen LogP) is 1.66. The molecule has 0 unspecified atom stereocenters. The number of carbonyl (C=O) groups is 1. The topological polar surface area (TPSA) is 55.6 Å². The summed E-state index contributed by atoms with van der Waals surface area (Å²) < 4.78 is 18.1. The summed E-state index contributed by atoms with van der Waals surface area (Å²) in [5, 5.41) is 0. The van der Waals surface area contributed by atoms with Gasteiger partial charge in [0.2, 0.25) is 0 Å². The number of nitrogens with zero attached hydrogens (tertiary/aromatic N) is 1. The standard InChI is InChI=1S/C13H17FN2O2/c14-10-3-4-12(15)11(9-10)13(17)18-8-7-16-5-1-2-6-16/h3-4,9H,1-2,5-8,15H2. The van der Waals surface area contributed by atoms with E-state index in [1.807, 2.05) is 0 Å². The highest BCUT2D eigenvalue weighted by atomic mass is 19.1. The summed E-state index contributed by atoms with van der Waals surface area (Å²) in [5.41, 5.74) is 5.94. The van der Waals surface area contributed by atoms with E-state index < -0.39 is 11.8 Å². The van der Waals surface area contributed by atoms with Crippen molar-refractivity contribution in [3.63, 3.8) is 0 Å². The highest BCUT2D eigenvalue weighted by Crippen LogP contribution is 2.14. The molecule has 0 spiro atoms. The normalized spacial score (nSPS) is 15.8. The first-order valence-corrected chi connectivity index (χ1v) is 6.11. The van der Waals surface area contributed by atoms with Crippen LogP contribution in [0.2, 0.25) is 0 Å².